The summed E-state index contributed by atoms with van der Waals surface area (Å²) in [6.07, 6.45) is 1.63. The van der Waals surface area contributed by atoms with Crippen LogP contribution < -0.4 is 15.5 Å². The standard InChI is InChI=1S/C15H15N3O2S2/c1-2-16-15(21)18-17-10-11-5-7-12(8-6-11)20-14(19)13-4-3-9-22-13/h3-10H,2H2,1H3,(H2,16,18,21)/b17-10-. The van der Waals surface area contributed by atoms with Gasteiger partial charge in [-0.25, -0.2) is 4.79 Å². The first-order valence-electron chi connectivity index (χ1n) is 6.61. The molecule has 0 aliphatic heterocycles. The van der Waals surface area contributed by atoms with Crippen LogP contribution in [0.25, 0.3) is 0 Å². The third-order valence-electron chi connectivity index (χ3n) is 2.53. The van der Waals surface area contributed by atoms with E-state index in [0.29, 0.717) is 15.7 Å². The van der Waals surface area contributed by atoms with Crippen LogP contribution in [0.4, 0.5) is 0 Å². The van der Waals surface area contributed by atoms with Gasteiger partial charge in [-0.15, -0.1) is 11.3 Å². The Hall–Kier alpha value is -2.25. The van der Waals surface area contributed by atoms with E-state index in [2.05, 4.69) is 15.8 Å². The van der Waals surface area contributed by atoms with Crippen LogP contribution in [0.15, 0.2) is 46.9 Å². The van der Waals surface area contributed by atoms with Crippen molar-refractivity contribution < 1.29 is 9.53 Å². The maximum absolute atomic E-state index is 11.8. The molecule has 22 heavy (non-hydrogen) atoms. The molecule has 0 aliphatic carbocycles. The fourth-order valence-electron chi connectivity index (χ4n) is 1.54. The lowest BCUT2D eigenvalue weighted by atomic mass is 10.2. The van der Waals surface area contributed by atoms with Crippen LogP contribution in [0, 0.1) is 0 Å². The van der Waals surface area contributed by atoms with Crippen molar-refractivity contribution in [1.82, 2.24) is 10.7 Å². The maximum Gasteiger partial charge on any atom is 0.353 e. The highest BCUT2D eigenvalue weighted by atomic mass is 32.1. The predicted molar refractivity (Wildman–Crippen MR) is 92.7 cm³/mol. The number of carbonyl (C=O) groups is 1. The topological polar surface area (TPSA) is 62.7 Å². The van der Waals surface area contributed by atoms with Gasteiger partial charge in [-0.2, -0.15) is 5.10 Å². The molecule has 0 radical (unpaired) electrons. The van der Waals surface area contributed by atoms with Crippen molar-refractivity contribution in [3.63, 3.8) is 0 Å². The minimum atomic E-state index is -0.353. The number of benzene rings is 1. The van der Waals surface area contributed by atoms with Gasteiger partial charge < -0.3 is 10.1 Å². The first kappa shape index (κ1) is 16.1. The van der Waals surface area contributed by atoms with Gasteiger partial charge in [-0.3, -0.25) is 5.43 Å². The first-order valence-corrected chi connectivity index (χ1v) is 7.90. The van der Waals surface area contributed by atoms with Crippen LogP contribution in [0.1, 0.15) is 22.2 Å². The summed E-state index contributed by atoms with van der Waals surface area (Å²) >= 11 is 6.33. The van der Waals surface area contributed by atoms with Crippen LogP contribution in [0.3, 0.4) is 0 Å². The molecule has 1 heterocycles. The number of rotatable bonds is 5. The zero-order valence-electron chi connectivity index (χ0n) is 11.9. The van der Waals surface area contributed by atoms with Gasteiger partial charge >= 0.3 is 5.97 Å². The van der Waals surface area contributed by atoms with E-state index in [-0.39, 0.29) is 5.97 Å². The second-order valence-corrected chi connectivity index (χ2v) is 5.52. The molecule has 0 amide bonds. The molecule has 0 fully saturated rings. The monoisotopic (exact) mass is 333 g/mol. The lowest BCUT2D eigenvalue weighted by molar-refractivity contribution is 0.0740. The van der Waals surface area contributed by atoms with Crippen LogP contribution in [0.2, 0.25) is 0 Å². The van der Waals surface area contributed by atoms with Crippen molar-refractivity contribution in [1.29, 1.82) is 0 Å². The molecule has 0 spiro atoms. The van der Waals surface area contributed by atoms with E-state index in [0.717, 1.165) is 12.1 Å². The smallest absolute Gasteiger partial charge is 0.353 e. The molecule has 2 N–H and O–H groups in total. The number of thiophene rings is 1. The molecule has 0 saturated heterocycles. The van der Waals surface area contributed by atoms with Crippen LogP contribution >= 0.6 is 23.6 Å². The summed E-state index contributed by atoms with van der Waals surface area (Å²) in [6, 6.07) is 10.6. The summed E-state index contributed by atoms with van der Waals surface area (Å²) in [5, 5.41) is 9.24. The Morgan fingerprint density at radius 3 is 2.77 bits per heavy atom. The Morgan fingerprint density at radius 1 is 1.36 bits per heavy atom. The number of esters is 1. The zero-order valence-corrected chi connectivity index (χ0v) is 13.5. The average molecular weight is 333 g/mol. The van der Waals surface area contributed by atoms with E-state index in [1.807, 2.05) is 18.4 Å². The molecule has 0 bridgehead atoms. The van der Waals surface area contributed by atoms with Crippen molar-refractivity contribution >= 4 is 40.9 Å². The maximum atomic E-state index is 11.8. The fraction of sp³-hybridized carbons (Fsp3) is 0.133. The van der Waals surface area contributed by atoms with Gasteiger partial charge in [0.1, 0.15) is 10.6 Å². The minimum Gasteiger partial charge on any atom is -0.422 e. The second-order valence-electron chi connectivity index (χ2n) is 4.17. The number of hydrogen-bond acceptors (Lipinski definition) is 5. The second kappa shape index (κ2) is 8.26. The molecule has 114 valence electrons. The Morgan fingerprint density at radius 2 is 2.14 bits per heavy atom. The molecule has 0 aliphatic rings. The molecule has 5 nitrogen and oxygen atoms in total. The minimum absolute atomic E-state index is 0.353. The van der Waals surface area contributed by atoms with Crippen LogP contribution in [0.5, 0.6) is 5.75 Å². The Labute approximate surface area is 138 Å². The van der Waals surface area contributed by atoms with Gasteiger partial charge in [-0.1, -0.05) is 6.07 Å². The molecule has 7 heteroatoms. The van der Waals surface area contributed by atoms with E-state index >= 15 is 0 Å². The molecule has 2 aromatic rings. The lowest BCUT2D eigenvalue weighted by Gasteiger charge is -2.04. The number of nitrogens with one attached hydrogen (secondary N) is 2. The molecule has 0 unspecified atom stereocenters. The normalized spacial score (nSPS) is 10.4. The largest absolute Gasteiger partial charge is 0.422 e. The highest BCUT2D eigenvalue weighted by Crippen LogP contribution is 2.16. The van der Waals surface area contributed by atoms with E-state index in [9.17, 15) is 4.79 Å². The molecule has 1 aromatic heterocycles. The third-order valence-corrected chi connectivity index (χ3v) is 3.62. The van der Waals surface area contributed by atoms with Gasteiger partial charge in [-0.05, 0) is 60.4 Å². The number of ether oxygens (including phenoxy) is 1. The molecule has 2 rings (SSSR count). The summed E-state index contributed by atoms with van der Waals surface area (Å²) in [7, 11) is 0. The van der Waals surface area contributed by atoms with E-state index in [1.165, 1.54) is 11.3 Å². The van der Waals surface area contributed by atoms with Gasteiger partial charge in [0.2, 0.25) is 0 Å². The summed E-state index contributed by atoms with van der Waals surface area (Å²) in [5.41, 5.74) is 3.57. The third kappa shape index (κ3) is 4.94. The highest BCUT2D eigenvalue weighted by molar-refractivity contribution is 7.80. The first-order chi connectivity index (χ1) is 10.7. The zero-order chi connectivity index (χ0) is 15.8. The molecular formula is C15H15N3O2S2. The van der Waals surface area contributed by atoms with Gasteiger partial charge in [0.25, 0.3) is 0 Å². The van der Waals surface area contributed by atoms with E-state index in [1.54, 1.807) is 36.5 Å². The highest BCUT2D eigenvalue weighted by Gasteiger charge is 2.08. The Balaban J connectivity index is 1.89. The van der Waals surface area contributed by atoms with Gasteiger partial charge in [0.15, 0.2) is 5.11 Å². The summed E-state index contributed by atoms with van der Waals surface area (Å²) in [4.78, 5) is 12.4. The summed E-state index contributed by atoms with van der Waals surface area (Å²) in [5.74, 6) is 0.140. The van der Waals surface area contributed by atoms with Crippen LogP contribution in [-0.4, -0.2) is 23.8 Å². The molecule has 0 saturated carbocycles. The van der Waals surface area contributed by atoms with E-state index < -0.39 is 0 Å². The van der Waals surface area contributed by atoms with Crippen molar-refractivity contribution in [2.75, 3.05) is 6.54 Å². The van der Waals surface area contributed by atoms with Crippen molar-refractivity contribution in [3.8, 4) is 5.75 Å². The van der Waals surface area contributed by atoms with Crippen molar-refractivity contribution in [2.45, 2.75) is 6.92 Å². The lowest BCUT2D eigenvalue weighted by Crippen LogP contribution is -2.31. The van der Waals surface area contributed by atoms with Crippen LogP contribution in [-0.2, 0) is 0 Å². The summed E-state index contributed by atoms with van der Waals surface area (Å²) < 4.78 is 5.27. The van der Waals surface area contributed by atoms with E-state index in [4.69, 9.17) is 17.0 Å². The van der Waals surface area contributed by atoms with Crippen molar-refractivity contribution in [3.05, 3.63) is 52.2 Å². The SMILES string of the molecule is CCNC(=S)N/N=C\c1ccc(OC(=O)c2cccs2)cc1. The number of hydrazone groups is 1. The Kier molecular flexibility index (Phi) is 6.05. The van der Waals surface area contributed by atoms with Crippen molar-refractivity contribution in [2.24, 2.45) is 5.10 Å². The molecule has 1 aromatic carbocycles. The number of nitrogens with zero attached hydrogens (tertiary/aromatic N) is 1. The average Bonchev–Trinajstić information content (AvgIpc) is 3.04. The Bertz CT molecular complexity index is 652. The quantitative estimate of drug-likeness (QED) is 0.290. The fourth-order valence-corrected chi connectivity index (χ4v) is 2.34. The number of thiocarbonyl (C=S) groups is 1. The number of carbonyl (C=O) groups excluding carboxylic acids is 1. The van der Waals surface area contributed by atoms with Gasteiger partial charge in [0.05, 0.1) is 6.21 Å². The number of hydrogen-bond donors (Lipinski definition) is 2. The molecular weight excluding hydrogens is 318 g/mol. The van der Waals surface area contributed by atoms with Gasteiger partial charge in [0, 0.05) is 6.54 Å². The summed E-state index contributed by atoms with van der Waals surface area (Å²) in [6.45, 7) is 2.69. The molecule has 0 atom stereocenters. The predicted octanol–water partition coefficient (Wildman–Crippen LogP) is 2.79.